The zero-order chi connectivity index (χ0) is 18.4. The quantitative estimate of drug-likeness (QED) is 0.661. The molecule has 1 N–H and O–H groups in total. The van der Waals surface area contributed by atoms with Crippen molar-refractivity contribution in [1.82, 2.24) is 15.2 Å². The summed E-state index contributed by atoms with van der Waals surface area (Å²) < 4.78 is 5.94. The summed E-state index contributed by atoms with van der Waals surface area (Å²) in [5.41, 5.74) is 2.51. The molecule has 1 aliphatic heterocycles. The third-order valence-corrected chi connectivity index (χ3v) is 4.69. The van der Waals surface area contributed by atoms with E-state index in [0.717, 1.165) is 30.2 Å². The molecule has 0 aliphatic carbocycles. The maximum atomic E-state index is 5.94. The number of likely N-dealkylation sites (tertiary alicyclic amines) is 1. The molecule has 2 heterocycles. The Bertz CT molecular complexity index is 743. The molecule has 5 heteroatoms. The second kappa shape index (κ2) is 8.21. The van der Waals surface area contributed by atoms with Crippen LogP contribution in [0, 0.1) is 5.41 Å². The molecule has 0 saturated carbocycles. The van der Waals surface area contributed by atoms with Gasteiger partial charge in [0.05, 0.1) is 0 Å². The summed E-state index contributed by atoms with van der Waals surface area (Å²) in [6, 6.07) is 14.1. The van der Waals surface area contributed by atoms with Gasteiger partial charge in [-0.3, -0.25) is 4.99 Å². The molecule has 1 saturated heterocycles. The molecule has 0 unspecified atom stereocenters. The first-order valence-corrected chi connectivity index (χ1v) is 9.14. The molecule has 26 heavy (non-hydrogen) atoms. The fraction of sp³-hybridized carbons (Fsp3) is 0.429. The van der Waals surface area contributed by atoms with Crippen LogP contribution in [-0.4, -0.2) is 36.0 Å². The molecule has 1 fully saturated rings. The van der Waals surface area contributed by atoms with Gasteiger partial charge >= 0.3 is 0 Å². The van der Waals surface area contributed by atoms with E-state index in [1.54, 1.807) is 6.20 Å². The van der Waals surface area contributed by atoms with Crippen LogP contribution in [0.1, 0.15) is 31.4 Å². The number of nitrogens with zero attached hydrogens (tertiary/aromatic N) is 3. The molecule has 0 bridgehead atoms. The zero-order valence-corrected chi connectivity index (χ0v) is 15.9. The standard InChI is InChI=1S/C21H28N4O/c1-21(2)11-13-25(16-21)20(22-3)24-14-18-10-7-12-23-19(18)26-15-17-8-5-4-6-9-17/h4-10,12H,11,13-16H2,1-3H3,(H,22,24). The SMILES string of the molecule is CN=C(NCc1cccnc1OCc1ccccc1)N1CCC(C)(C)C1. The van der Waals surface area contributed by atoms with E-state index in [1.165, 1.54) is 6.42 Å². The van der Waals surface area contributed by atoms with Crippen LogP contribution in [0.5, 0.6) is 5.88 Å². The van der Waals surface area contributed by atoms with E-state index in [1.807, 2.05) is 37.4 Å². The van der Waals surface area contributed by atoms with E-state index in [2.05, 4.69) is 46.2 Å². The van der Waals surface area contributed by atoms with Gasteiger partial charge < -0.3 is 15.0 Å². The Balaban J connectivity index is 1.61. The normalized spacial score (nSPS) is 16.6. The summed E-state index contributed by atoms with van der Waals surface area (Å²) in [6.45, 7) is 7.82. The van der Waals surface area contributed by atoms with E-state index in [0.29, 0.717) is 24.4 Å². The average Bonchev–Trinajstić information content (AvgIpc) is 3.02. The predicted molar refractivity (Wildman–Crippen MR) is 105 cm³/mol. The Hall–Kier alpha value is -2.56. The van der Waals surface area contributed by atoms with Crippen molar-refractivity contribution in [3.63, 3.8) is 0 Å². The van der Waals surface area contributed by atoms with Gasteiger partial charge in [-0.25, -0.2) is 4.98 Å². The zero-order valence-electron chi connectivity index (χ0n) is 15.9. The fourth-order valence-electron chi connectivity index (χ4n) is 3.21. The van der Waals surface area contributed by atoms with Gasteiger partial charge in [-0.15, -0.1) is 0 Å². The van der Waals surface area contributed by atoms with Gasteiger partial charge in [-0.2, -0.15) is 0 Å². The lowest BCUT2D eigenvalue weighted by Crippen LogP contribution is -2.40. The molecule has 5 nitrogen and oxygen atoms in total. The van der Waals surface area contributed by atoms with Crippen molar-refractivity contribution in [3.05, 3.63) is 59.8 Å². The van der Waals surface area contributed by atoms with Crippen molar-refractivity contribution in [2.75, 3.05) is 20.1 Å². The third kappa shape index (κ3) is 4.75. The van der Waals surface area contributed by atoms with Gasteiger partial charge in [0.2, 0.25) is 5.88 Å². The van der Waals surface area contributed by atoms with Crippen molar-refractivity contribution in [1.29, 1.82) is 0 Å². The Morgan fingerprint density at radius 2 is 2.04 bits per heavy atom. The first-order valence-electron chi connectivity index (χ1n) is 9.14. The van der Waals surface area contributed by atoms with Crippen LogP contribution >= 0.6 is 0 Å². The number of aliphatic imine (C=N–C) groups is 1. The van der Waals surface area contributed by atoms with E-state index >= 15 is 0 Å². The van der Waals surface area contributed by atoms with Gasteiger partial charge in [0.25, 0.3) is 0 Å². The smallest absolute Gasteiger partial charge is 0.218 e. The molecule has 3 rings (SSSR count). The number of hydrogen-bond acceptors (Lipinski definition) is 3. The molecule has 2 aromatic rings. The summed E-state index contributed by atoms with van der Waals surface area (Å²) in [4.78, 5) is 11.2. The minimum atomic E-state index is 0.343. The van der Waals surface area contributed by atoms with Crippen molar-refractivity contribution >= 4 is 5.96 Å². The number of nitrogens with one attached hydrogen (secondary N) is 1. The Kier molecular flexibility index (Phi) is 5.76. The number of aromatic nitrogens is 1. The summed E-state index contributed by atoms with van der Waals surface area (Å²) >= 11 is 0. The molecular weight excluding hydrogens is 324 g/mol. The third-order valence-electron chi connectivity index (χ3n) is 4.69. The van der Waals surface area contributed by atoms with Crippen LogP contribution in [-0.2, 0) is 13.2 Å². The highest BCUT2D eigenvalue weighted by molar-refractivity contribution is 5.80. The fourth-order valence-corrected chi connectivity index (χ4v) is 3.21. The van der Waals surface area contributed by atoms with Gasteiger partial charge in [0, 0.05) is 38.4 Å². The van der Waals surface area contributed by atoms with Crippen molar-refractivity contribution in [2.45, 2.75) is 33.4 Å². The number of pyridine rings is 1. The molecule has 138 valence electrons. The summed E-state index contributed by atoms with van der Waals surface area (Å²) in [5.74, 6) is 1.61. The highest BCUT2D eigenvalue weighted by Gasteiger charge is 2.30. The molecule has 0 amide bonds. The van der Waals surface area contributed by atoms with Crippen molar-refractivity contribution < 1.29 is 4.74 Å². The summed E-state index contributed by atoms with van der Waals surface area (Å²) in [6.07, 6.45) is 2.95. The van der Waals surface area contributed by atoms with Gasteiger partial charge in [-0.05, 0) is 23.5 Å². The highest BCUT2D eigenvalue weighted by Crippen LogP contribution is 2.28. The van der Waals surface area contributed by atoms with Crippen molar-refractivity contribution in [3.8, 4) is 5.88 Å². The van der Waals surface area contributed by atoms with Crippen molar-refractivity contribution in [2.24, 2.45) is 10.4 Å². The van der Waals surface area contributed by atoms with E-state index in [4.69, 9.17) is 4.74 Å². The Labute approximate surface area is 156 Å². The minimum Gasteiger partial charge on any atom is -0.473 e. The molecule has 0 radical (unpaired) electrons. The number of hydrogen-bond donors (Lipinski definition) is 1. The molecule has 1 aliphatic rings. The highest BCUT2D eigenvalue weighted by atomic mass is 16.5. The molecular formula is C21H28N4O. The molecule has 0 spiro atoms. The molecule has 0 atom stereocenters. The predicted octanol–water partition coefficient (Wildman–Crippen LogP) is 3.47. The van der Waals surface area contributed by atoms with Gasteiger partial charge in [0.15, 0.2) is 5.96 Å². The van der Waals surface area contributed by atoms with Crippen LogP contribution in [0.4, 0.5) is 0 Å². The first-order chi connectivity index (χ1) is 12.6. The number of guanidine groups is 1. The first kappa shape index (κ1) is 18.2. The van der Waals surface area contributed by atoms with E-state index in [-0.39, 0.29) is 0 Å². The maximum Gasteiger partial charge on any atom is 0.218 e. The van der Waals surface area contributed by atoms with E-state index < -0.39 is 0 Å². The number of rotatable bonds is 5. The van der Waals surface area contributed by atoms with Crippen LogP contribution in [0.2, 0.25) is 0 Å². The summed E-state index contributed by atoms with van der Waals surface area (Å²) in [7, 11) is 1.84. The second-order valence-corrected chi connectivity index (χ2v) is 7.48. The van der Waals surface area contributed by atoms with E-state index in [9.17, 15) is 0 Å². The van der Waals surface area contributed by atoms with Gasteiger partial charge in [0.1, 0.15) is 6.61 Å². The molecule has 1 aromatic carbocycles. The Morgan fingerprint density at radius 1 is 1.23 bits per heavy atom. The van der Waals surface area contributed by atoms with Crippen LogP contribution in [0.25, 0.3) is 0 Å². The van der Waals surface area contributed by atoms with Crippen LogP contribution < -0.4 is 10.1 Å². The summed E-state index contributed by atoms with van der Waals surface area (Å²) in [5, 5.41) is 3.46. The lowest BCUT2D eigenvalue weighted by Gasteiger charge is -2.24. The second-order valence-electron chi connectivity index (χ2n) is 7.48. The largest absolute Gasteiger partial charge is 0.473 e. The lowest BCUT2D eigenvalue weighted by molar-refractivity contribution is 0.290. The monoisotopic (exact) mass is 352 g/mol. The minimum absolute atomic E-state index is 0.343. The number of ether oxygens (including phenoxy) is 1. The van der Waals surface area contributed by atoms with Crippen LogP contribution in [0.15, 0.2) is 53.7 Å². The lowest BCUT2D eigenvalue weighted by atomic mass is 9.93. The van der Waals surface area contributed by atoms with Crippen LogP contribution in [0.3, 0.4) is 0 Å². The topological polar surface area (TPSA) is 49.8 Å². The van der Waals surface area contributed by atoms with Gasteiger partial charge in [-0.1, -0.05) is 50.2 Å². The number of benzene rings is 1. The Morgan fingerprint density at radius 3 is 2.73 bits per heavy atom. The average molecular weight is 352 g/mol. The molecule has 1 aromatic heterocycles. The maximum absolute atomic E-state index is 5.94.